The first-order valence-corrected chi connectivity index (χ1v) is 6.25. The van der Waals surface area contributed by atoms with Crippen LogP contribution in [0.5, 0.6) is 0 Å². The summed E-state index contributed by atoms with van der Waals surface area (Å²) in [7, 11) is 1.78. The van der Waals surface area contributed by atoms with Crippen LogP contribution in [0.1, 0.15) is 24.8 Å². The third kappa shape index (κ3) is 2.62. The van der Waals surface area contributed by atoms with Gasteiger partial charge in [-0.25, -0.2) is 4.79 Å². The number of hydrogen-bond donors (Lipinski definition) is 0. The molecule has 4 heteroatoms. The second kappa shape index (κ2) is 5.54. The summed E-state index contributed by atoms with van der Waals surface area (Å²) < 4.78 is 0. The number of hydrogen-bond acceptors (Lipinski definition) is 2. The van der Waals surface area contributed by atoms with Crippen molar-refractivity contribution in [3.05, 3.63) is 29.8 Å². The maximum absolute atomic E-state index is 12.2. The molecule has 2 amide bonds. The van der Waals surface area contributed by atoms with Crippen molar-refractivity contribution in [2.75, 3.05) is 25.0 Å². The minimum absolute atomic E-state index is 0.0411. The Bertz CT molecular complexity index is 455. The van der Waals surface area contributed by atoms with Crippen molar-refractivity contribution in [1.29, 1.82) is 5.26 Å². The molecule has 0 radical (unpaired) electrons. The van der Waals surface area contributed by atoms with Crippen LogP contribution in [0.3, 0.4) is 0 Å². The summed E-state index contributed by atoms with van der Waals surface area (Å²) in [5, 5.41) is 8.74. The number of urea groups is 1. The highest BCUT2D eigenvalue weighted by molar-refractivity contribution is 5.91. The van der Waals surface area contributed by atoms with E-state index in [9.17, 15) is 4.79 Å². The standard InChI is InChI=1S/C14H17N3O/c1-16(13-7-5-12(11-15)6-8-13)14(18)17-9-3-2-4-10-17/h5-8H,2-4,9-10H2,1H3. The van der Waals surface area contributed by atoms with Gasteiger partial charge in [0.05, 0.1) is 11.6 Å². The molecule has 0 bridgehead atoms. The normalized spacial score (nSPS) is 15.0. The second-order valence-electron chi connectivity index (χ2n) is 4.55. The highest BCUT2D eigenvalue weighted by Gasteiger charge is 2.20. The molecule has 1 fully saturated rings. The van der Waals surface area contributed by atoms with E-state index >= 15 is 0 Å². The molecule has 94 valence electrons. The number of anilines is 1. The minimum Gasteiger partial charge on any atom is -0.324 e. The molecule has 1 heterocycles. The van der Waals surface area contributed by atoms with Gasteiger partial charge < -0.3 is 4.90 Å². The number of benzene rings is 1. The lowest BCUT2D eigenvalue weighted by Crippen LogP contribution is -2.43. The molecule has 1 aliphatic rings. The first-order chi connectivity index (χ1) is 8.72. The minimum atomic E-state index is 0.0411. The van der Waals surface area contributed by atoms with Gasteiger partial charge >= 0.3 is 6.03 Å². The molecule has 2 rings (SSSR count). The third-order valence-corrected chi connectivity index (χ3v) is 3.30. The van der Waals surface area contributed by atoms with Gasteiger partial charge in [0.15, 0.2) is 0 Å². The number of carbonyl (C=O) groups is 1. The average Bonchev–Trinajstić information content (AvgIpc) is 2.47. The van der Waals surface area contributed by atoms with E-state index in [1.165, 1.54) is 6.42 Å². The predicted octanol–water partition coefficient (Wildman–Crippen LogP) is 2.60. The number of likely N-dealkylation sites (tertiary alicyclic amines) is 1. The zero-order valence-electron chi connectivity index (χ0n) is 10.6. The molecule has 0 unspecified atom stereocenters. The smallest absolute Gasteiger partial charge is 0.324 e. The molecule has 1 aromatic carbocycles. The summed E-state index contributed by atoms with van der Waals surface area (Å²) in [6, 6.07) is 9.19. The second-order valence-corrected chi connectivity index (χ2v) is 4.55. The lowest BCUT2D eigenvalue weighted by molar-refractivity contribution is 0.194. The fourth-order valence-electron chi connectivity index (χ4n) is 2.17. The third-order valence-electron chi connectivity index (χ3n) is 3.30. The Morgan fingerprint density at radius 1 is 1.22 bits per heavy atom. The topological polar surface area (TPSA) is 47.3 Å². The van der Waals surface area contributed by atoms with Gasteiger partial charge in [0.25, 0.3) is 0 Å². The van der Waals surface area contributed by atoms with Gasteiger partial charge in [0.1, 0.15) is 0 Å². The monoisotopic (exact) mass is 243 g/mol. The zero-order chi connectivity index (χ0) is 13.0. The number of nitrogens with zero attached hydrogens (tertiary/aromatic N) is 3. The molecule has 0 saturated carbocycles. The molecule has 0 spiro atoms. The summed E-state index contributed by atoms with van der Waals surface area (Å²) in [4.78, 5) is 15.8. The maximum Gasteiger partial charge on any atom is 0.324 e. The van der Waals surface area contributed by atoms with Crippen molar-refractivity contribution in [3.63, 3.8) is 0 Å². The summed E-state index contributed by atoms with van der Waals surface area (Å²) in [6.07, 6.45) is 3.39. The Morgan fingerprint density at radius 2 is 1.83 bits per heavy atom. The predicted molar refractivity (Wildman–Crippen MR) is 70.4 cm³/mol. The molecule has 0 aromatic heterocycles. The van der Waals surface area contributed by atoms with Crippen LogP contribution in [0.4, 0.5) is 10.5 Å². The van der Waals surface area contributed by atoms with Crippen LogP contribution in [0.25, 0.3) is 0 Å². The van der Waals surface area contributed by atoms with Crippen LogP contribution in [0.15, 0.2) is 24.3 Å². The lowest BCUT2D eigenvalue weighted by atomic mass is 10.1. The molecule has 0 aliphatic carbocycles. The van der Waals surface area contributed by atoms with Crippen LogP contribution in [-0.4, -0.2) is 31.1 Å². The van der Waals surface area contributed by atoms with Gasteiger partial charge in [0.2, 0.25) is 0 Å². The Labute approximate surface area is 107 Å². The molecule has 1 saturated heterocycles. The van der Waals surface area contributed by atoms with Gasteiger partial charge in [-0.1, -0.05) is 0 Å². The van der Waals surface area contributed by atoms with E-state index in [1.807, 2.05) is 4.90 Å². The molecular formula is C14H17N3O. The largest absolute Gasteiger partial charge is 0.324 e. The summed E-state index contributed by atoms with van der Waals surface area (Å²) in [5.74, 6) is 0. The highest BCUT2D eigenvalue weighted by atomic mass is 16.2. The first kappa shape index (κ1) is 12.4. The van der Waals surface area contributed by atoms with Gasteiger partial charge in [-0.3, -0.25) is 4.90 Å². The van der Waals surface area contributed by atoms with E-state index < -0.39 is 0 Å². The quantitative estimate of drug-likeness (QED) is 0.761. The van der Waals surface area contributed by atoms with Crippen LogP contribution in [0, 0.1) is 11.3 Å². The van der Waals surface area contributed by atoms with Crippen LogP contribution in [0.2, 0.25) is 0 Å². The highest BCUT2D eigenvalue weighted by Crippen LogP contribution is 2.17. The molecule has 0 N–H and O–H groups in total. The zero-order valence-corrected chi connectivity index (χ0v) is 10.6. The summed E-state index contributed by atoms with van der Waals surface area (Å²) in [5.41, 5.74) is 1.43. The van der Waals surface area contributed by atoms with Crippen molar-refractivity contribution in [1.82, 2.24) is 4.90 Å². The molecule has 1 aromatic rings. The maximum atomic E-state index is 12.2. The Balaban J connectivity index is 2.07. The van der Waals surface area contributed by atoms with Gasteiger partial charge in [-0.15, -0.1) is 0 Å². The Morgan fingerprint density at radius 3 is 2.39 bits per heavy atom. The lowest BCUT2D eigenvalue weighted by Gasteiger charge is -2.31. The van der Waals surface area contributed by atoms with E-state index in [0.29, 0.717) is 5.56 Å². The molecule has 1 aliphatic heterocycles. The van der Waals surface area contributed by atoms with Crippen LogP contribution >= 0.6 is 0 Å². The first-order valence-electron chi connectivity index (χ1n) is 6.25. The van der Waals surface area contributed by atoms with Crippen molar-refractivity contribution >= 4 is 11.7 Å². The van der Waals surface area contributed by atoms with Gasteiger partial charge in [-0.05, 0) is 43.5 Å². The van der Waals surface area contributed by atoms with Gasteiger partial charge in [-0.2, -0.15) is 5.26 Å². The number of nitriles is 1. The molecular weight excluding hydrogens is 226 g/mol. The average molecular weight is 243 g/mol. The number of amides is 2. The summed E-state index contributed by atoms with van der Waals surface area (Å²) in [6.45, 7) is 1.69. The van der Waals surface area contributed by atoms with Crippen molar-refractivity contribution in [3.8, 4) is 6.07 Å². The van der Waals surface area contributed by atoms with Gasteiger partial charge in [0, 0.05) is 25.8 Å². The van der Waals surface area contributed by atoms with E-state index in [0.717, 1.165) is 31.6 Å². The van der Waals surface area contributed by atoms with Crippen LogP contribution < -0.4 is 4.90 Å². The fraction of sp³-hybridized carbons (Fsp3) is 0.429. The Hall–Kier alpha value is -2.02. The molecule has 4 nitrogen and oxygen atoms in total. The van der Waals surface area contributed by atoms with Crippen molar-refractivity contribution in [2.24, 2.45) is 0 Å². The number of carbonyl (C=O) groups excluding carboxylic acids is 1. The molecule has 18 heavy (non-hydrogen) atoms. The van der Waals surface area contributed by atoms with E-state index in [4.69, 9.17) is 5.26 Å². The van der Waals surface area contributed by atoms with E-state index in [-0.39, 0.29) is 6.03 Å². The number of piperidine rings is 1. The Kier molecular flexibility index (Phi) is 3.83. The molecule has 0 atom stereocenters. The van der Waals surface area contributed by atoms with E-state index in [1.54, 1.807) is 36.2 Å². The fourth-order valence-corrected chi connectivity index (χ4v) is 2.17. The van der Waals surface area contributed by atoms with Crippen LogP contribution in [-0.2, 0) is 0 Å². The SMILES string of the molecule is CN(C(=O)N1CCCCC1)c1ccc(C#N)cc1. The van der Waals surface area contributed by atoms with E-state index in [2.05, 4.69) is 6.07 Å². The van der Waals surface area contributed by atoms with Crippen molar-refractivity contribution < 1.29 is 4.79 Å². The number of rotatable bonds is 1. The summed E-state index contributed by atoms with van der Waals surface area (Å²) >= 11 is 0. The van der Waals surface area contributed by atoms with Crippen molar-refractivity contribution in [2.45, 2.75) is 19.3 Å².